The van der Waals surface area contributed by atoms with Gasteiger partial charge in [-0.1, -0.05) is 18.2 Å². The molecule has 0 aliphatic carbocycles. The van der Waals surface area contributed by atoms with Gasteiger partial charge in [0.15, 0.2) is 11.0 Å². The van der Waals surface area contributed by atoms with Gasteiger partial charge in [0.25, 0.3) is 5.91 Å². The van der Waals surface area contributed by atoms with Crippen LogP contribution < -0.4 is 5.32 Å². The number of nitrogens with zero attached hydrogens (tertiary/aromatic N) is 3. The van der Waals surface area contributed by atoms with Crippen LogP contribution in [-0.4, -0.2) is 25.5 Å². The van der Waals surface area contributed by atoms with E-state index in [1.54, 1.807) is 25.1 Å². The molecule has 1 aromatic carbocycles. The molecule has 1 amide bonds. The molecule has 1 atom stereocenters. The number of aryl methyl sites for hydroxylation is 1. The summed E-state index contributed by atoms with van der Waals surface area (Å²) in [4.78, 5) is 16.1. The van der Waals surface area contributed by atoms with Crippen molar-refractivity contribution in [2.75, 3.05) is 5.32 Å². The number of aromatic nitrogens is 2. The van der Waals surface area contributed by atoms with E-state index in [1.807, 2.05) is 6.92 Å². The fourth-order valence-corrected chi connectivity index (χ4v) is 2.85. The third-order valence-corrected chi connectivity index (χ3v) is 4.49. The Hall–Kier alpha value is -2.25. The Morgan fingerprint density at radius 1 is 1.52 bits per heavy atom. The second kappa shape index (κ2) is 7.34. The molecule has 23 heavy (non-hydrogen) atoms. The highest BCUT2D eigenvalue weighted by atomic mass is 35.5. The van der Waals surface area contributed by atoms with E-state index in [-0.39, 0.29) is 5.70 Å². The van der Waals surface area contributed by atoms with Gasteiger partial charge < -0.3 is 5.32 Å². The molecule has 0 spiro atoms. The smallest absolute Gasteiger partial charge is 0.273 e. The van der Waals surface area contributed by atoms with Gasteiger partial charge in [-0.25, -0.2) is 4.21 Å². The molecule has 0 fully saturated rings. The second-order valence-electron chi connectivity index (χ2n) is 4.58. The summed E-state index contributed by atoms with van der Waals surface area (Å²) >= 11 is 5.96. The van der Waals surface area contributed by atoms with Crippen LogP contribution in [0.4, 0.5) is 5.69 Å². The van der Waals surface area contributed by atoms with Gasteiger partial charge in [-0.2, -0.15) is 9.19 Å². The monoisotopic (exact) mass is 350 g/mol. The molecule has 1 unspecified atom stereocenters. The van der Waals surface area contributed by atoms with E-state index in [9.17, 15) is 9.00 Å². The topological polar surface area (TPSA) is 76.3 Å². The molecule has 120 valence electrons. The number of carbonyl (C=O) groups excluding carboxylic acids is 1. The van der Waals surface area contributed by atoms with Crippen LogP contribution in [0.1, 0.15) is 12.5 Å². The zero-order valence-corrected chi connectivity index (χ0v) is 14.2. The highest BCUT2D eigenvalue weighted by molar-refractivity contribution is 7.83. The van der Waals surface area contributed by atoms with Gasteiger partial charge in [0.1, 0.15) is 5.70 Å². The summed E-state index contributed by atoms with van der Waals surface area (Å²) in [7, 11) is -1.53. The fourth-order valence-electron chi connectivity index (χ4n) is 1.71. The number of hydrogen-bond acceptors (Lipinski definition) is 4. The first-order valence-corrected chi connectivity index (χ1v) is 8.13. The van der Waals surface area contributed by atoms with Crippen LogP contribution in [0.25, 0.3) is 0 Å². The number of carbonyl (C=O) groups is 1. The lowest BCUT2D eigenvalue weighted by Crippen LogP contribution is -2.12. The van der Waals surface area contributed by atoms with Crippen LogP contribution in [0.2, 0.25) is 5.02 Å². The Labute approximate surface area is 141 Å². The number of hydrogen-bond donors (Lipinski definition) is 1. The molecular weight excluding hydrogens is 336 g/mol. The number of halogens is 1. The number of anilines is 1. The standard InChI is InChI=1S/C15H15ClN4O2S/c1-4-17-11(3)15(21)19-12-8-18-20(9-12)23(22)13-5-6-14(16)10(2)7-13/h4-9H,3H2,1-2H3,(H,19,21). The first-order chi connectivity index (χ1) is 10.9. The molecule has 0 bridgehead atoms. The van der Waals surface area contributed by atoms with E-state index in [2.05, 4.69) is 22.0 Å². The minimum atomic E-state index is -1.53. The summed E-state index contributed by atoms with van der Waals surface area (Å²) in [5.41, 5.74) is 1.31. The Morgan fingerprint density at radius 3 is 2.91 bits per heavy atom. The summed E-state index contributed by atoms with van der Waals surface area (Å²) in [5.74, 6) is -0.448. The highest BCUT2D eigenvalue weighted by Crippen LogP contribution is 2.19. The molecular formula is C15H15ClN4O2S. The number of amides is 1. The zero-order chi connectivity index (χ0) is 17.0. The van der Waals surface area contributed by atoms with Gasteiger partial charge in [-0.3, -0.25) is 9.79 Å². The first kappa shape index (κ1) is 17.1. The quantitative estimate of drug-likeness (QED) is 0.665. The maximum absolute atomic E-state index is 12.5. The van der Waals surface area contributed by atoms with Crippen molar-refractivity contribution in [3.8, 4) is 0 Å². The molecule has 1 N–H and O–H groups in total. The maximum Gasteiger partial charge on any atom is 0.273 e. The lowest BCUT2D eigenvalue weighted by atomic mass is 10.2. The third kappa shape index (κ3) is 4.14. The molecule has 0 radical (unpaired) electrons. The van der Waals surface area contributed by atoms with Crippen LogP contribution in [0.3, 0.4) is 0 Å². The molecule has 0 saturated carbocycles. The normalized spacial score (nSPS) is 12.3. The molecule has 0 saturated heterocycles. The first-order valence-electron chi connectivity index (χ1n) is 6.64. The van der Waals surface area contributed by atoms with Crippen molar-refractivity contribution in [3.05, 3.63) is 53.5 Å². The van der Waals surface area contributed by atoms with E-state index in [1.165, 1.54) is 22.7 Å². The van der Waals surface area contributed by atoms with Gasteiger partial charge in [0, 0.05) is 11.2 Å². The number of aliphatic imine (C=N–C) groups is 1. The minimum Gasteiger partial charge on any atom is -0.318 e. The van der Waals surface area contributed by atoms with Crippen LogP contribution in [0.15, 0.2) is 52.8 Å². The van der Waals surface area contributed by atoms with Crippen LogP contribution in [0.5, 0.6) is 0 Å². The van der Waals surface area contributed by atoms with Crippen molar-refractivity contribution < 1.29 is 9.00 Å². The Balaban J connectivity index is 2.15. The van der Waals surface area contributed by atoms with Crippen molar-refractivity contribution >= 4 is 40.4 Å². The van der Waals surface area contributed by atoms with E-state index in [0.29, 0.717) is 15.6 Å². The molecule has 1 heterocycles. The summed E-state index contributed by atoms with van der Waals surface area (Å²) in [6.07, 6.45) is 4.35. The van der Waals surface area contributed by atoms with Crippen molar-refractivity contribution in [2.24, 2.45) is 4.99 Å². The van der Waals surface area contributed by atoms with Crippen LogP contribution >= 0.6 is 11.6 Å². The predicted molar refractivity (Wildman–Crippen MR) is 92.2 cm³/mol. The predicted octanol–water partition coefficient (Wildman–Crippen LogP) is 2.96. The number of rotatable bonds is 5. The fraction of sp³-hybridized carbons (Fsp3) is 0.133. The Morgan fingerprint density at radius 2 is 2.26 bits per heavy atom. The SMILES string of the molecule is C=C(N=CC)C(=O)Nc1cnn(S(=O)c2ccc(Cl)c(C)c2)c1. The van der Waals surface area contributed by atoms with Crippen LogP contribution in [-0.2, 0) is 15.8 Å². The molecule has 2 aromatic rings. The maximum atomic E-state index is 12.5. The summed E-state index contributed by atoms with van der Waals surface area (Å²) in [6, 6.07) is 5.09. The third-order valence-electron chi connectivity index (χ3n) is 2.87. The van der Waals surface area contributed by atoms with Gasteiger partial charge in [0.05, 0.1) is 23.0 Å². The van der Waals surface area contributed by atoms with Gasteiger partial charge in [0.2, 0.25) is 0 Å². The summed E-state index contributed by atoms with van der Waals surface area (Å²) < 4.78 is 13.7. The van der Waals surface area contributed by atoms with E-state index in [0.717, 1.165) is 5.56 Å². The van der Waals surface area contributed by atoms with Crippen molar-refractivity contribution in [2.45, 2.75) is 18.7 Å². The minimum absolute atomic E-state index is 0.0784. The van der Waals surface area contributed by atoms with Crippen molar-refractivity contribution in [3.63, 3.8) is 0 Å². The largest absolute Gasteiger partial charge is 0.318 e. The zero-order valence-electron chi connectivity index (χ0n) is 12.6. The second-order valence-corrected chi connectivity index (χ2v) is 6.33. The van der Waals surface area contributed by atoms with E-state index in [4.69, 9.17) is 11.6 Å². The van der Waals surface area contributed by atoms with E-state index >= 15 is 0 Å². The number of benzene rings is 1. The molecule has 1 aromatic heterocycles. The van der Waals surface area contributed by atoms with Gasteiger partial charge >= 0.3 is 0 Å². The van der Waals surface area contributed by atoms with Crippen molar-refractivity contribution in [1.82, 2.24) is 9.19 Å². The average Bonchev–Trinajstić information content (AvgIpc) is 2.98. The molecule has 0 aliphatic heterocycles. The summed E-state index contributed by atoms with van der Waals surface area (Å²) in [6.45, 7) is 7.06. The molecule has 2 rings (SSSR count). The number of nitrogens with one attached hydrogen (secondary N) is 1. The molecule has 0 aliphatic rings. The average molecular weight is 351 g/mol. The van der Waals surface area contributed by atoms with Crippen LogP contribution in [0, 0.1) is 6.92 Å². The summed E-state index contributed by atoms with van der Waals surface area (Å²) in [5, 5.41) is 7.19. The van der Waals surface area contributed by atoms with E-state index < -0.39 is 16.9 Å². The Kier molecular flexibility index (Phi) is 5.46. The lowest BCUT2D eigenvalue weighted by Gasteiger charge is -2.04. The van der Waals surface area contributed by atoms with Gasteiger partial charge in [-0.05, 0) is 37.6 Å². The van der Waals surface area contributed by atoms with Crippen molar-refractivity contribution in [1.29, 1.82) is 0 Å². The lowest BCUT2D eigenvalue weighted by molar-refractivity contribution is -0.112. The Bertz CT molecular complexity index is 814. The van der Waals surface area contributed by atoms with Gasteiger partial charge in [-0.15, -0.1) is 0 Å². The highest BCUT2D eigenvalue weighted by Gasteiger charge is 2.12. The molecule has 6 nitrogen and oxygen atoms in total. The molecule has 8 heteroatoms.